The number of aromatic nitrogens is 1. The lowest BCUT2D eigenvalue weighted by molar-refractivity contribution is 0.0942. The molecule has 0 aliphatic heterocycles. The molecule has 1 aliphatic rings. The summed E-state index contributed by atoms with van der Waals surface area (Å²) in [5.74, 6) is 0.459. The summed E-state index contributed by atoms with van der Waals surface area (Å²) in [6, 6.07) is 0. The van der Waals surface area contributed by atoms with Gasteiger partial charge in [-0.2, -0.15) is 0 Å². The zero-order chi connectivity index (χ0) is 13.3. The van der Waals surface area contributed by atoms with E-state index < -0.39 is 0 Å². The van der Waals surface area contributed by atoms with Crippen LogP contribution in [0.1, 0.15) is 46.2 Å². The Morgan fingerprint density at radius 1 is 1.50 bits per heavy atom. The van der Waals surface area contributed by atoms with Crippen molar-refractivity contribution in [3.63, 3.8) is 0 Å². The molecule has 0 amide bonds. The lowest BCUT2D eigenvalue weighted by Gasteiger charge is -2.18. The van der Waals surface area contributed by atoms with Crippen molar-refractivity contribution in [2.75, 3.05) is 20.6 Å². The monoisotopic (exact) mass is 248 g/mol. The van der Waals surface area contributed by atoms with Crippen LogP contribution in [-0.2, 0) is 6.42 Å². The minimum absolute atomic E-state index is 0.0353. The molecule has 0 fully saturated rings. The highest BCUT2D eigenvalue weighted by molar-refractivity contribution is 6.09. The molecule has 0 saturated heterocycles. The van der Waals surface area contributed by atoms with Crippen LogP contribution in [0.15, 0.2) is 6.20 Å². The number of aromatic amines is 1. The first-order chi connectivity index (χ1) is 8.49. The van der Waals surface area contributed by atoms with Crippen LogP contribution in [-0.4, -0.2) is 42.1 Å². The van der Waals surface area contributed by atoms with Crippen LogP contribution in [0.2, 0.25) is 0 Å². The average molecular weight is 248 g/mol. The first kappa shape index (κ1) is 13.0. The van der Waals surface area contributed by atoms with E-state index >= 15 is 0 Å². The Morgan fingerprint density at radius 3 is 2.83 bits per heavy atom. The molecule has 0 radical (unpaired) electrons. The normalized spacial score (nSPS) is 19.8. The second-order valence-electron chi connectivity index (χ2n) is 5.41. The van der Waals surface area contributed by atoms with E-state index in [-0.39, 0.29) is 11.6 Å². The van der Waals surface area contributed by atoms with E-state index in [1.165, 1.54) is 6.92 Å². The van der Waals surface area contributed by atoms with Gasteiger partial charge in [0.1, 0.15) is 0 Å². The molecule has 1 heterocycles. The fraction of sp³-hybridized carbons (Fsp3) is 0.571. The Hall–Kier alpha value is -1.42. The van der Waals surface area contributed by atoms with Gasteiger partial charge in [0, 0.05) is 36.0 Å². The maximum Gasteiger partial charge on any atom is 0.165 e. The highest BCUT2D eigenvalue weighted by Gasteiger charge is 2.27. The van der Waals surface area contributed by atoms with Gasteiger partial charge in [0.2, 0.25) is 0 Å². The Labute approximate surface area is 107 Å². The summed E-state index contributed by atoms with van der Waals surface area (Å²) in [5, 5.41) is 0. The number of ketones is 2. The number of nitrogens with one attached hydrogen (secondary N) is 1. The Morgan fingerprint density at radius 2 is 2.22 bits per heavy atom. The standard InChI is InChI=1S/C14H20N2O2/c1-9(17)11-7-15-12-5-4-10(8-16(2)3)6-13(18)14(11)12/h7,10,15H,4-6,8H2,1-3H3. The smallest absolute Gasteiger partial charge is 0.165 e. The van der Waals surface area contributed by atoms with Gasteiger partial charge in [0.25, 0.3) is 0 Å². The van der Waals surface area contributed by atoms with Crippen LogP contribution in [0, 0.1) is 5.92 Å². The van der Waals surface area contributed by atoms with E-state index in [1.807, 2.05) is 14.1 Å². The predicted octanol–water partition coefficient (Wildman–Crippen LogP) is 1.91. The number of aryl methyl sites for hydroxylation is 1. The molecule has 2 rings (SSSR count). The topological polar surface area (TPSA) is 53.2 Å². The number of hydrogen-bond donors (Lipinski definition) is 1. The molecule has 1 unspecified atom stereocenters. The zero-order valence-corrected chi connectivity index (χ0v) is 11.2. The molecule has 4 nitrogen and oxygen atoms in total. The largest absolute Gasteiger partial charge is 0.364 e. The molecule has 0 spiro atoms. The van der Waals surface area contributed by atoms with Crippen molar-refractivity contribution >= 4 is 11.6 Å². The van der Waals surface area contributed by atoms with Gasteiger partial charge >= 0.3 is 0 Å². The van der Waals surface area contributed by atoms with Crippen LogP contribution >= 0.6 is 0 Å². The van der Waals surface area contributed by atoms with Crippen molar-refractivity contribution in [3.8, 4) is 0 Å². The van der Waals surface area contributed by atoms with Crippen molar-refractivity contribution in [1.82, 2.24) is 9.88 Å². The molecule has 1 aromatic heterocycles. The minimum Gasteiger partial charge on any atom is -0.364 e. The summed E-state index contributed by atoms with van der Waals surface area (Å²) in [4.78, 5) is 29.0. The molecule has 1 aromatic rings. The van der Waals surface area contributed by atoms with Crippen LogP contribution in [0.25, 0.3) is 0 Å². The van der Waals surface area contributed by atoms with E-state index in [2.05, 4.69) is 9.88 Å². The highest BCUT2D eigenvalue weighted by Crippen LogP contribution is 2.27. The Balaban J connectivity index is 2.25. The molecule has 1 atom stereocenters. The number of rotatable bonds is 3. The summed E-state index contributed by atoms with van der Waals surface area (Å²) in [6.45, 7) is 2.43. The zero-order valence-electron chi connectivity index (χ0n) is 11.2. The first-order valence-electron chi connectivity index (χ1n) is 6.38. The first-order valence-corrected chi connectivity index (χ1v) is 6.38. The van der Waals surface area contributed by atoms with Crippen molar-refractivity contribution in [1.29, 1.82) is 0 Å². The van der Waals surface area contributed by atoms with E-state index in [0.29, 0.717) is 23.5 Å². The SMILES string of the molecule is CC(=O)c1c[nH]c2c1C(=O)CC(CN(C)C)CC2. The summed E-state index contributed by atoms with van der Waals surface area (Å²) in [6.07, 6.45) is 4.07. The molecule has 0 saturated carbocycles. The van der Waals surface area contributed by atoms with E-state index in [1.54, 1.807) is 6.20 Å². The van der Waals surface area contributed by atoms with Gasteiger partial charge in [-0.05, 0) is 39.8 Å². The van der Waals surface area contributed by atoms with E-state index in [4.69, 9.17) is 0 Å². The maximum absolute atomic E-state index is 12.3. The fourth-order valence-corrected chi connectivity index (χ4v) is 2.75. The Kier molecular flexibility index (Phi) is 3.66. The number of nitrogens with zero attached hydrogens (tertiary/aromatic N) is 1. The van der Waals surface area contributed by atoms with Gasteiger partial charge < -0.3 is 9.88 Å². The van der Waals surface area contributed by atoms with Gasteiger partial charge in [0.05, 0.1) is 0 Å². The predicted molar refractivity (Wildman–Crippen MR) is 70.1 cm³/mol. The number of fused-ring (bicyclic) bond motifs is 1. The number of hydrogen-bond acceptors (Lipinski definition) is 3. The van der Waals surface area contributed by atoms with Gasteiger partial charge in [-0.15, -0.1) is 0 Å². The highest BCUT2D eigenvalue weighted by atomic mass is 16.1. The number of Topliss-reactive ketones (excluding diaryl/α,β-unsaturated/α-hetero) is 2. The van der Waals surface area contributed by atoms with E-state index in [0.717, 1.165) is 25.1 Å². The number of carbonyl (C=O) groups excluding carboxylic acids is 2. The lowest BCUT2D eigenvalue weighted by atomic mass is 9.97. The minimum atomic E-state index is -0.0353. The number of H-pyrrole nitrogens is 1. The van der Waals surface area contributed by atoms with Crippen LogP contribution in [0.3, 0.4) is 0 Å². The molecular weight excluding hydrogens is 228 g/mol. The average Bonchev–Trinajstić information content (AvgIpc) is 2.62. The third kappa shape index (κ3) is 2.53. The molecular formula is C14H20N2O2. The third-order valence-electron chi connectivity index (χ3n) is 3.52. The summed E-state index contributed by atoms with van der Waals surface area (Å²) < 4.78 is 0. The number of carbonyl (C=O) groups is 2. The van der Waals surface area contributed by atoms with Crippen molar-refractivity contribution in [2.24, 2.45) is 5.92 Å². The van der Waals surface area contributed by atoms with Crippen LogP contribution in [0.4, 0.5) is 0 Å². The van der Waals surface area contributed by atoms with Gasteiger partial charge in [-0.1, -0.05) is 0 Å². The molecule has 4 heteroatoms. The van der Waals surface area contributed by atoms with Crippen LogP contribution in [0.5, 0.6) is 0 Å². The Bertz CT molecular complexity index is 474. The summed E-state index contributed by atoms with van der Waals surface area (Å²) >= 11 is 0. The lowest BCUT2D eigenvalue weighted by Crippen LogP contribution is -2.23. The molecule has 0 aromatic carbocycles. The van der Waals surface area contributed by atoms with Gasteiger partial charge in [0.15, 0.2) is 11.6 Å². The summed E-state index contributed by atoms with van der Waals surface area (Å²) in [7, 11) is 4.05. The van der Waals surface area contributed by atoms with E-state index in [9.17, 15) is 9.59 Å². The van der Waals surface area contributed by atoms with Crippen LogP contribution < -0.4 is 0 Å². The maximum atomic E-state index is 12.3. The molecule has 18 heavy (non-hydrogen) atoms. The molecule has 0 bridgehead atoms. The fourth-order valence-electron chi connectivity index (χ4n) is 2.75. The molecule has 1 N–H and O–H groups in total. The summed E-state index contributed by atoms with van der Waals surface area (Å²) in [5.41, 5.74) is 2.13. The quantitative estimate of drug-likeness (QED) is 0.656. The van der Waals surface area contributed by atoms with Crippen molar-refractivity contribution in [2.45, 2.75) is 26.2 Å². The van der Waals surface area contributed by atoms with Crippen molar-refractivity contribution < 1.29 is 9.59 Å². The third-order valence-corrected chi connectivity index (χ3v) is 3.52. The van der Waals surface area contributed by atoms with Crippen molar-refractivity contribution in [3.05, 3.63) is 23.0 Å². The second kappa shape index (κ2) is 5.06. The second-order valence-corrected chi connectivity index (χ2v) is 5.41. The molecule has 98 valence electrons. The molecule has 1 aliphatic carbocycles. The van der Waals surface area contributed by atoms with Gasteiger partial charge in [-0.3, -0.25) is 9.59 Å². The van der Waals surface area contributed by atoms with Gasteiger partial charge in [-0.25, -0.2) is 0 Å².